The Labute approximate surface area is 463 Å². The van der Waals surface area contributed by atoms with Crippen LogP contribution in [0.1, 0.15) is 29.9 Å². The van der Waals surface area contributed by atoms with E-state index in [0.29, 0.717) is 0 Å². The van der Waals surface area contributed by atoms with E-state index in [1.807, 2.05) is 42.5 Å². The van der Waals surface area contributed by atoms with Gasteiger partial charge in [-0.2, -0.15) is 0 Å². The van der Waals surface area contributed by atoms with Crippen molar-refractivity contribution in [2.45, 2.75) is 129 Å². The number of carbonyl (C=O) groups excluding carboxylic acids is 2. The van der Waals surface area contributed by atoms with Crippen LogP contribution in [0.5, 0.6) is 0 Å². The molecule has 8 unspecified atom stereocenters. The number of aliphatic hydroxyl groups is 1. The van der Waals surface area contributed by atoms with Gasteiger partial charge in [0.05, 0.1) is 57.6 Å². The van der Waals surface area contributed by atoms with Crippen LogP contribution in [0.4, 0.5) is 0 Å². The molecule has 23 nitrogen and oxygen atoms in total. The quantitative estimate of drug-likeness (QED) is 0.0776. The molecule has 0 radical (unpaired) electrons. The van der Waals surface area contributed by atoms with E-state index in [1.165, 1.54) is 49.8 Å². The second kappa shape index (κ2) is 30.6. The molecule has 3 N–H and O–H groups in total. The molecule has 3 saturated heterocycles. The third kappa shape index (κ3) is 14.1. The third-order valence-electron chi connectivity index (χ3n) is 15.7. The van der Waals surface area contributed by atoms with Crippen LogP contribution in [0.2, 0.25) is 0 Å². The highest BCUT2D eigenvalue weighted by atomic mass is 16.8. The van der Waals surface area contributed by atoms with Gasteiger partial charge in [-0.1, -0.05) is 54.6 Å². The van der Waals surface area contributed by atoms with Gasteiger partial charge in [-0.3, -0.25) is 9.59 Å². The maximum Gasteiger partial charge on any atom is 0.306 e. The fourth-order valence-electron chi connectivity index (χ4n) is 12.1. The number of nitrogens with one attached hydrogen (secondary N) is 2. The average Bonchev–Trinajstić information content (AvgIpc) is 3.86. The highest BCUT2D eigenvalue weighted by Crippen LogP contribution is 2.45. The maximum absolute atomic E-state index is 13.6. The molecule has 79 heavy (non-hydrogen) atoms. The fourth-order valence-corrected chi connectivity index (χ4v) is 12.1. The molecule has 2 aliphatic carbocycles. The average molecular weight is 1120 g/mol. The summed E-state index contributed by atoms with van der Waals surface area (Å²) < 4.78 is 111. The highest BCUT2D eigenvalue weighted by molar-refractivity contribution is 5.82. The molecule has 1 amide bonds. The zero-order chi connectivity index (χ0) is 56.8. The number of hydrogen-bond acceptors (Lipinski definition) is 22. The summed E-state index contributed by atoms with van der Waals surface area (Å²) in [6.07, 6.45) is -12.1. The van der Waals surface area contributed by atoms with Gasteiger partial charge < -0.3 is 101 Å². The Morgan fingerprint density at radius 3 is 1.53 bits per heavy atom. The SMILES string of the molecule is COCC1=C[C@@H](N[C@H]2C(COC)O[C@@H](O[C@H]3C(COC)O[C@@H](O[C@H]4C(COC)OC(NC(=O)CCC(=O)OCC5c6ccccc6-c6ccccc65)C(OC)[C@@H]4OC)C(OC)[C@@H]3OC)C(OC)[C@@H]2OC)C(OC)[C@H](OC)[C@H]1CO. The number of benzene rings is 2. The molecule has 0 bridgehead atoms. The number of ether oxygens (including phenoxy) is 18. The van der Waals surface area contributed by atoms with Crippen LogP contribution in [0.15, 0.2) is 60.2 Å². The molecule has 3 fully saturated rings. The van der Waals surface area contributed by atoms with Gasteiger partial charge in [0.15, 0.2) is 18.8 Å². The minimum Gasteiger partial charge on any atom is -0.465 e. The number of esters is 1. The number of carbonyl (C=O) groups is 2. The monoisotopic (exact) mass is 1120 g/mol. The molecular weight excluding hydrogens is 1040 g/mol. The lowest BCUT2D eigenvalue weighted by Gasteiger charge is -2.52. The van der Waals surface area contributed by atoms with Crippen molar-refractivity contribution in [1.82, 2.24) is 10.6 Å². The Balaban J connectivity index is 1.03. The van der Waals surface area contributed by atoms with E-state index in [0.717, 1.165) is 27.8 Å². The van der Waals surface area contributed by atoms with Gasteiger partial charge in [0, 0.05) is 104 Å². The normalized spacial score (nSPS) is 34.6. The van der Waals surface area contributed by atoms with E-state index in [-0.39, 0.29) is 64.3 Å². The zero-order valence-electron chi connectivity index (χ0n) is 47.5. The van der Waals surface area contributed by atoms with Gasteiger partial charge in [0.2, 0.25) is 5.91 Å². The first-order chi connectivity index (χ1) is 38.5. The van der Waals surface area contributed by atoms with Gasteiger partial charge in [0.1, 0.15) is 79.9 Å². The molecule has 19 atom stereocenters. The molecule has 3 heterocycles. The molecule has 23 heteroatoms. The van der Waals surface area contributed by atoms with Crippen molar-refractivity contribution in [2.24, 2.45) is 5.92 Å². The van der Waals surface area contributed by atoms with Crippen molar-refractivity contribution in [1.29, 1.82) is 0 Å². The first-order valence-corrected chi connectivity index (χ1v) is 26.6. The van der Waals surface area contributed by atoms with Crippen LogP contribution in [0.3, 0.4) is 0 Å². The van der Waals surface area contributed by atoms with E-state index >= 15 is 0 Å². The molecule has 3 aliphatic heterocycles. The van der Waals surface area contributed by atoms with Crippen LogP contribution in [0.25, 0.3) is 11.1 Å². The molecule has 7 rings (SSSR count). The summed E-state index contributed by atoms with van der Waals surface area (Å²) in [6.45, 7) is 0.383. The Bertz CT molecular complexity index is 2180. The van der Waals surface area contributed by atoms with Crippen LogP contribution in [0, 0.1) is 5.92 Å². The minimum atomic E-state index is -1.16. The van der Waals surface area contributed by atoms with Crippen molar-refractivity contribution in [3.05, 3.63) is 71.3 Å². The van der Waals surface area contributed by atoms with Gasteiger partial charge >= 0.3 is 5.97 Å². The van der Waals surface area contributed by atoms with Crippen LogP contribution in [-0.2, 0) is 94.9 Å². The topological polar surface area (TPSA) is 245 Å². The van der Waals surface area contributed by atoms with Crippen LogP contribution >= 0.6 is 0 Å². The summed E-state index contributed by atoms with van der Waals surface area (Å²) in [7, 11) is 18.5. The second-order valence-electron chi connectivity index (χ2n) is 20.0. The summed E-state index contributed by atoms with van der Waals surface area (Å²) >= 11 is 0. The van der Waals surface area contributed by atoms with Crippen LogP contribution < -0.4 is 10.6 Å². The molecular formula is C56H84N2O21. The van der Waals surface area contributed by atoms with Gasteiger partial charge in [-0.05, 0) is 27.8 Å². The summed E-state index contributed by atoms with van der Waals surface area (Å²) in [5.74, 6) is -1.45. The molecule has 0 spiro atoms. The van der Waals surface area contributed by atoms with Crippen molar-refractivity contribution >= 4 is 11.9 Å². The smallest absolute Gasteiger partial charge is 0.306 e. The second-order valence-corrected chi connectivity index (χ2v) is 20.0. The molecule has 0 saturated carbocycles. The number of rotatable bonds is 29. The minimum absolute atomic E-state index is 0.00257. The first-order valence-electron chi connectivity index (χ1n) is 26.6. The third-order valence-corrected chi connectivity index (χ3v) is 15.7. The summed E-state index contributed by atoms with van der Waals surface area (Å²) in [5, 5.41) is 17.0. The molecule has 444 valence electrons. The molecule has 2 aromatic rings. The van der Waals surface area contributed by atoms with Crippen molar-refractivity contribution in [3.63, 3.8) is 0 Å². The van der Waals surface area contributed by atoms with E-state index in [1.54, 1.807) is 35.5 Å². The molecule has 5 aliphatic rings. The zero-order valence-corrected chi connectivity index (χ0v) is 47.5. The van der Waals surface area contributed by atoms with Gasteiger partial charge in [-0.15, -0.1) is 0 Å². The van der Waals surface area contributed by atoms with Gasteiger partial charge in [0.25, 0.3) is 0 Å². The van der Waals surface area contributed by atoms with Crippen LogP contribution in [-0.4, -0.2) is 252 Å². The lowest BCUT2D eigenvalue weighted by molar-refractivity contribution is -0.376. The van der Waals surface area contributed by atoms with E-state index in [4.69, 9.17) is 85.3 Å². The van der Waals surface area contributed by atoms with Crippen molar-refractivity contribution in [2.75, 3.05) is 125 Å². The first kappa shape index (κ1) is 63.0. The van der Waals surface area contributed by atoms with Crippen molar-refractivity contribution in [3.8, 4) is 11.1 Å². The highest BCUT2D eigenvalue weighted by Gasteiger charge is 2.57. The number of aliphatic hydroxyl groups excluding tert-OH is 1. The molecule has 2 aromatic carbocycles. The number of hydrogen-bond donors (Lipinski definition) is 3. The summed E-state index contributed by atoms with van der Waals surface area (Å²) in [6, 6.07) is 15.1. The van der Waals surface area contributed by atoms with Gasteiger partial charge in [-0.25, -0.2) is 0 Å². The molecule has 0 aromatic heterocycles. The predicted molar refractivity (Wildman–Crippen MR) is 281 cm³/mol. The number of methoxy groups -OCH3 is 12. The number of fused-ring (bicyclic) bond motifs is 3. The summed E-state index contributed by atoms with van der Waals surface area (Å²) in [5.41, 5.74) is 5.27. The van der Waals surface area contributed by atoms with E-state index < -0.39 is 122 Å². The largest absolute Gasteiger partial charge is 0.465 e. The fraction of sp³-hybridized carbons (Fsp3) is 0.714. The predicted octanol–water partition coefficient (Wildman–Crippen LogP) is 1.76. The lowest BCUT2D eigenvalue weighted by atomic mass is 9.80. The number of amides is 1. The Hall–Kier alpha value is -3.64. The van der Waals surface area contributed by atoms with Crippen molar-refractivity contribution < 1.29 is 100.0 Å². The summed E-state index contributed by atoms with van der Waals surface area (Å²) in [4.78, 5) is 26.7. The lowest BCUT2D eigenvalue weighted by Crippen LogP contribution is -2.70. The standard InChI is InChI=1S/C56H84N2O21/c1-62-25-30-23-37(45(67-6)44(66-5)35(30)24-59)57-43-38(27-63-2)76-55(52(72-11)48(43)68-7)79-47-40(29-65-4)77-56(53(73-12)50(47)70-9)78-46-39(28-64-3)75-54(51(71-10)49(46)69-8)58-41(60)21-22-42(61)74-26-36-33-19-15-13-17-31(33)32-18-14-16-20-34(32)36/h13-20,23,35-40,43-57,59H,21-22,24-29H2,1-12H3,(H,58,60)/t35-,37+,38?,39?,40?,43-,44+,45?,46-,47-,48+,49+,50+,51?,52?,53?,54?,55-,56-/m0/s1. The maximum atomic E-state index is 13.6. The van der Waals surface area contributed by atoms with E-state index in [2.05, 4.69) is 22.8 Å². The Morgan fingerprint density at radius 2 is 1.01 bits per heavy atom. The Morgan fingerprint density at radius 1 is 0.519 bits per heavy atom. The Kier molecular flexibility index (Phi) is 24.4. The van der Waals surface area contributed by atoms with E-state index in [9.17, 15) is 14.7 Å².